The van der Waals surface area contributed by atoms with E-state index < -0.39 is 17.7 Å². The monoisotopic (exact) mass is 453 g/mol. The number of rotatable bonds is 5. The Labute approximate surface area is 174 Å². The number of hydrogen-bond donors (Lipinski definition) is 1. The van der Waals surface area contributed by atoms with Gasteiger partial charge in [-0.25, -0.2) is 4.79 Å². The van der Waals surface area contributed by atoms with E-state index in [0.29, 0.717) is 18.5 Å². The lowest BCUT2D eigenvalue weighted by molar-refractivity contribution is -0.125. The van der Waals surface area contributed by atoms with E-state index in [0.717, 1.165) is 4.47 Å². The van der Waals surface area contributed by atoms with Gasteiger partial charge in [0.15, 0.2) is 5.78 Å². The molecule has 7 nitrogen and oxygen atoms in total. The summed E-state index contributed by atoms with van der Waals surface area (Å²) in [5.41, 5.74) is -0.128. The zero-order valence-corrected chi connectivity index (χ0v) is 18.6. The number of nitrogens with zero attached hydrogens (tertiary/aromatic N) is 2. The molecule has 0 bridgehead atoms. The average molecular weight is 454 g/mol. The zero-order chi connectivity index (χ0) is 21.1. The molecule has 0 saturated carbocycles. The third-order valence-corrected chi connectivity index (χ3v) is 5.06. The molecule has 154 valence electrons. The number of nitrogens with one attached hydrogen (secondary N) is 1. The summed E-state index contributed by atoms with van der Waals surface area (Å²) in [6.07, 6.45) is -0.0267. The molecule has 2 rings (SSSR count). The Morgan fingerprint density at radius 3 is 2.36 bits per heavy atom. The van der Waals surface area contributed by atoms with E-state index >= 15 is 0 Å². The Bertz CT molecular complexity index is 728. The molecule has 0 spiro atoms. The predicted octanol–water partition coefficient (Wildman–Crippen LogP) is 2.69. The van der Waals surface area contributed by atoms with Gasteiger partial charge in [-0.05, 0) is 53.4 Å². The van der Waals surface area contributed by atoms with Gasteiger partial charge >= 0.3 is 6.09 Å². The van der Waals surface area contributed by atoms with Crippen LogP contribution in [0.5, 0.6) is 0 Å². The number of ketones is 1. The van der Waals surface area contributed by atoms with Crippen molar-refractivity contribution >= 4 is 33.7 Å². The van der Waals surface area contributed by atoms with Crippen molar-refractivity contribution in [2.24, 2.45) is 0 Å². The smallest absolute Gasteiger partial charge is 0.411 e. The zero-order valence-electron chi connectivity index (χ0n) is 17.0. The molecule has 0 radical (unpaired) electrons. The minimum atomic E-state index is -0.667. The largest absolute Gasteiger partial charge is 0.444 e. The van der Waals surface area contributed by atoms with Gasteiger partial charge in [0.1, 0.15) is 11.6 Å². The fourth-order valence-electron chi connectivity index (χ4n) is 2.98. The number of likely N-dealkylation sites (N-methyl/N-ethyl adjacent to an activating group) is 1. The van der Waals surface area contributed by atoms with Crippen molar-refractivity contribution < 1.29 is 19.1 Å². The van der Waals surface area contributed by atoms with Crippen LogP contribution in [-0.2, 0) is 9.53 Å². The van der Waals surface area contributed by atoms with Crippen LogP contribution in [0.4, 0.5) is 4.79 Å². The first-order valence-corrected chi connectivity index (χ1v) is 10.00. The van der Waals surface area contributed by atoms with Gasteiger partial charge < -0.3 is 15.0 Å². The van der Waals surface area contributed by atoms with E-state index in [1.807, 2.05) is 19.0 Å². The normalized spacial score (nSPS) is 19.6. The number of ether oxygens (including phenoxy) is 1. The quantitative estimate of drug-likeness (QED) is 0.693. The van der Waals surface area contributed by atoms with E-state index in [1.54, 1.807) is 45.0 Å². The molecule has 1 aliphatic heterocycles. The summed E-state index contributed by atoms with van der Waals surface area (Å²) in [4.78, 5) is 41.1. The van der Waals surface area contributed by atoms with Crippen LogP contribution in [0.15, 0.2) is 28.7 Å². The molecule has 0 aliphatic carbocycles. The number of halogens is 1. The minimum absolute atomic E-state index is 0.0467. The van der Waals surface area contributed by atoms with Crippen LogP contribution < -0.4 is 5.32 Å². The molecule has 1 saturated heterocycles. The van der Waals surface area contributed by atoms with Gasteiger partial charge in [-0.15, -0.1) is 0 Å². The third kappa shape index (κ3) is 6.04. The average Bonchev–Trinajstić information content (AvgIpc) is 3.04. The topological polar surface area (TPSA) is 79.0 Å². The summed E-state index contributed by atoms with van der Waals surface area (Å²) in [6, 6.07) is 6.33. The van der Waals surface area contributed by atoms with Crippen LogP contribution >= 0.6 is 15.9 Å². The van der Waals surface area contributed by atoms with Crippen molar-refractivity contribution in [2.45, 2.75) is 44.9 Å². The lowest BCUT2D eigenvalue weighted by Gasteiger charge is -2.28. The van der Waals surface area contributed by atoms with E-state index in [2.05, 4.69) is 21.2 Å². The maximum absolute atomic E-state index is 12.7. The number of benzene rings is 1. The van der Waals surface area contributed by atoms with E-state index in [4.69, 9.17) is 4.74 Å². The van der Waals surface area contributed by atoms with Crippen LogP contribution in [0.3, 0.4) is 0 Å². The van der Waals surface area contributed by atoms with Crippen LogP contribution in [0.2, 0.25) is 0 Å². The Kier molecular flexibility index (Phi) is 7.22. The van der Waals surface area contributed by atoms with Gasteiger partial charge in [-0.3, -0.25) is 14.5 Å². The summed E-state index contributed by atoms with van der Waals surface area (Å²) >= 11 is 3.33. The molecule has 1 fully saturated rings. The second-order valence-corrected chi connectivity index (χ2v) is 9.07. The number of carbonyl (C=O) groups is 3. The molecular weight excluding hydrogens is 426 g/mol. The predicted molar refractivity (Wildman–Crippen MR) is 110 cm³/mol. The van der Waals surface area contributed by atoms with Gasteiger partial charge in [0.05, 0.1) is 6.54 Å². The van der Waals surface area contributed by atoms with Crippen LogP contribution in [0.25, 0.3) is 0 Å². The van der Waals surface area contributed by atoms with Gasteiger partial charge in [-0.2, -0.15) is 0 Å². The number of likely N-dealkylation sites (tertiary alicyclic amines) is 1. The molecule has 0 unspecified atom stereocenters. The second-order valence-electron chi connectivity index (χ2n) is 8.15. The molecule has 1 N–H and O–H groups in total. The molecule has 28 heavy (non-hydrogen) atoms. The lowest BCUT2D eigenvalue weighted by atomic mass is 10.1. The first-order valence-electron chi connectivity index (χ1n) is 9.20. The van der Waals surface area contributed by atoms with Crippen molar-refractivity contribution in [3.63, 3.8) is 0 Å². The highest BCUT2D eigenvalue weighted by molar-refractivity contribution is 9.10. The standard InChI is InChI=1S/C20H28BrN3O4/c1-20(2,3)28-19(27)24-12-15(23(4)5)10-16(24)18(26)22-11-17(25)13-6-8-14(21)9-7-13/h6-9,15-16H,10-12H2,1-5H3,(H,22,26)/t15-,16-/m0/s1. The summed E-state index contributed by atoms with van der Waals surface area (Å²) in [5.74, 6) is -0.535. The molecule has 1 aromatic rings. The maximum atomic E-state index is 12.7. The van der Waals surface area contributed by atoms with Gasteiger partial charge in [-0.1, -0.05) is 28.1 Å². The van der Waals surface area contributed by atoms with Crippen LogP contribution in [-0.4, -0.2) is 72.5 Å². The van der Waals surface area contributed by atoms with Crippen molar-refractivity contribution in [2.75, 3.05) is 27.2 Å². The van der Waals surface area contributed by atoms with E-state index in [9.17, 15) is 14.4 Å². The van der Waals surface area contributed by atoms with Gasteiger partial charge in [0.2, 0.25) is 5.91 Å². The highest BCUT2D eigenvalue weighted by Gasteiger charge is 2.42. The fourth-order valence-corrected chi connectivity index (χ4v) is 3.25. The van der Waals surface area contributed by atoms with Crippen LogP contribution in [0.1, 0.15) is 37.6 Å². The number of amides is 2. The molecule has 0 aromatic heterocycles. The lowest BCUT2D eigenvalue weighted by Crippen LogP contribution is -2.48. The number of Topliss-reactive ketones (excluding diaryl/α,β-unsaturated/α-hetero) is 1. The van der Waals surface area contributed by atoms with Crippen molar-refractivity contribution in [3.05, 3.63) is 34.3 Å². The van der Waals surface area contributed by atoms with E-state index in [-0.39, 0.29) is 24.3 Å². The molecule has 1 aromatic carbocycles. The summed E-state index contributed by atoms with van der Waals surface area (Å²) in [7, 11) is 3.82. The third-order valence-electron chi connectivity index (χ3n) is 4.53. The van der Waals surface area contributed by atoms with Gasteiger partial charge in [0, 0.05) is 22.6 Å². The highest BCUT2D eigenvalue weighted by atomic mass is 79.9. The second kappa shape index (κ2) is 9.05. The number of hydrogen-bond acceptors (Lipinski definition) is 5. The molecular formula is C20H28BrN3O4. The summed E-state index contributed by atoms with van der Waals surface area (Å²) in [6.45, 7) is 5.65. The molecule has 8 heteroatoms. The molecule has 2 atom stereocenters. The maximum Gasteiger partial charge on any atom is 0.411 e. The first kappa shape index (κ1) is 22.4. The Morgan fingerprint density at radius 2 is 1.82 bits per heavy atom. The van der Waals surface area contributed by atoms with Crippen LogP contribution in [0, 0.1) is 0 Å². The Hall–Kier alpha value is -1.93. The minimum Gasteiger partial charge on any atom is -0.444 e. The Balaban J connectivity index is 2.04. The SMILES string of the molecule is CN(C)[C@H]1C[C@@H](C(=O)NCC(=O)c2ccc(Br)cc2)N(C(=O)OC(C)(C)C)C1. The fraction of sp³-hybridized carbons (Fsp3) is 0.550. The highest BCUT2D eigenvalue weighted by Crippen LogP contribution is 2.24. The summed E-state index contributed by atoms with van der Waals surface area (Å²) < 4.78 is 6.33. The molecule has 1 aliphatic rings. The van der Waals surface area contributed by atoms with Crippen molar-refractivity contribution in [1.82, 2.24) is 15.1 Å². The van der Waals surface area contributed by atoms with Gasteiger partial charge in [0.25, 0.3) is 0 Å². The van der Waals surface area contributed by atoms with E-state index in [1.165, 1.54) is 4.90 Å². The first-order chi connectivity index (χ1) is 13.0. The molecule has 2 amide bonds. The Morgan fingerprint density at radius 1 is 1.21 bits per heavy atom. The summed E-state index contributed by atoms with van der Waals surface area (Å²) in [5, 5.41) is 2.68. The van der Waals surface area contributed by atoms with Crippen molar-refractivity contribution in [1.29, 1.82) is 0 Å². The molecule has 1 heterocycles. The van der Waals surface area contributed by atoms with Crippen molar-refractivity contribution in [3.8, 4) is 0 Å². The number of carbonyl (C=O) groups excluding carboxylic acids is 3.